The first-order valence-electron chi connectivity index (χ1n) is 6.11. The SMILES string of the molecule is COc1cc([N+](=O)[O-])ccc1Oc1ccc(C)cc1C=O. The molecule has 0 atom stereocenters. The van der Waals surface area contributed by atoms with E-state index in [4.69, 9.17) is 9.47 Å². The van der Waals surface area contributed by atoms with Crippen molar-refractivity contribution < 1.29 is 19.2 Å². The molecule has 0 amide bonds. The van der Waals surface area contributed by atoms with Crippen LogP contribution in [0.15, 0.2) is 36.4 Å². The van der Waals surface area contributed by atoms with Gasteiger partial charge in [0, 0.05) is 6.07 Å². The van der Waals surface area contributed by atoms with Crippen molar-refractivity contribution in [3.05, 3.63) is 57.6 Å². The van der Waals surface area contributed by atoms with Gasteiger partial charge < -0.3 is 9.47 Å². The van der Waals surface area contributed by atoms with Crippen molar-refractivity contribution in [2.24, 2.45) is 0 Å². The highest BCUT2D eigenvalue weighted by molar-refractivity contribution is 5.80. The highest BCUT2D eigenvalue weighted by atomic mass is 16.6. The first-order chi connectivity index (χ1) is 10.0. The zero-order valence-electron chi connectivity index (χ0n) is 11.5. The number of aldehydes is 1. The summed E-state index contributed by atoms with van der Waals surface area (Å²) in [5.74, 6) is 0.888. The Kier molecular flexibility index (Phi) is 4.18. The van der Waals surface area contributed by atoms with Gasteiger partial charge in [0.25, 0.3) is 5.69 Å². The highest BCUT2D eigenvalue weighted by Gasteiger charge is 2.14. The molecule has 6 nitrogen and oxygen atoms in total. The number of nitro groups is 1. The quantitative estimate of drug-likeness (QED) is 0.477. The zero-order valence-corrected chi connectivity index (χ0v) is 11.5. The first kappa shape index (κ1) is 14.5. The van der Waals surface area contributed by atoms with Gasteiger partial charge >= 0.3 is 0 Å². The van der Waals surface area contributed by atoms with E-state index in [1.54, 1.807) is 18.2 Å². The Morgan fingerprint density at radius 3 is 2.43 bits per heavy atom. The van der Waals surface area contributed by atoms with Crippen LogP contribution in [0.5, 0.6) is 17.2 Å². The molecule has 2 aromatic carbocycles. The van der Waals surface area contributed by atoms with Crippen molar-refractivity contribution in [2.45, 2.75) is 6.92 Å². The summed E-state index contributed by atoms with van der Waals surface area (Å²) in [4.78, 5) is 21.3. The van der Waals surface area contributed by atoms with Crippen molar-refractivity contribution in [1.29, 1.82) is 0 Å². The van der Waals surface area contributed by atoms with E-state index < -0.39 is 4.92 Å². The number of ether oxygens (including phenoxy) is 2. The molecule has 6 heteroatoms. The Morgan fingerprint density at radius 2 is 1.81 bits per heavy atom. The number of nitrogens with zero attached hydrogens (tertiary/aromatic N) is 1. The molecule has 0 spiro atoms. The van der Waals surface area contributed by atoms with Gasteiger partial charge in [-0.1, -0.05) is 11.6 Å². The topological polar surface area (TPSA) is 78.7 Å². The number of aryl methyl sites for hydroxylation is 1. The number of methoxy groups -OCH3 is 1. The van der Waals surface area contributed by atoms with Gasteiger partial charge in [0.2, 0.25) is 0 Å². The molecule has 0 heterocycles. The maximum absolute atomic E-state index is 11.1. The summed E-state index contributed by atoms with van der Waals surface area (Å²) in [7, 11) is 1.39. The molecule has 0 aromatic heterocycles. The second-order valence-electron chi connectivity index (χ2n) is 4.35. The number of rotatable bonds is 5. The molecule has 0 aliphatic rings. The minimum Gasteiger partial charge on any atom is -0.493 e. The van der Waals surface area contributed by atoms with Gasteiger partial charge in [0.05, 0.1) is 23.7 Å². The van der Waals surface area contributed by atoms with Crippen LogP contribution in [-0.2, 0) is 0 Å². The average molecular weight is 287 g/mol. The lowest BCUT2D eigenvalue weighted by atomic mass is 10.1. The van der Waals surface area contributed by atoms with E-state index in [0.29, 0.717) is 23.3 Å². The number of carbonyl (C=O) groups excluding carboxylic acids is 1. The van der Waals surface area contributed by atoms with Crippen LogP contribution in [-0.4, -0.2) is 18.3 Å². The molecule has 0 aliphatic carbocycles. The Balaban J connectivity index is 2.39. The van der Waals surface area contributed by atoms with Gasteiger partial charge in [0.1, 0.15) is 5.75 Å². The van der Waals surface area contributed by atoms with Crippen molar-refractivity contribution in [1.82, 2.24) is 0 Å². The van der Waals surface area contributed by atoms with Crippen LogP contribution in [0.1, 0.15) is 15.9 Å². The molecule has 2 aromatic rings. The highest BCUT2D eigenvalue weighted by Crippen LogP contribution is 2.35. The van der Waals surface area contributed by atoms with Crippen molar-refractivity contribution in [3.63, 3.8) is 0 Å². The number of hydrogen-bond donors (Lipinski definition) is 0. The maximum Gasteiger partial charge on any atom is 0.273 e. The number of nitro benzene ring substituents is 1. The molecule has 2 rings (SSSR count). The van der Waals surface area contributed by atoms with E-state index in [0.717, 1.165) is 5.56 Å². The Labute approximate surface area is 121 Å². The molecule has 0 aliphatic heterocycles. The van der Waals surface area contributed by atoms with Crippen LogP contribution in [0.4, 0.5) is 5.69 Å². The van der Waals surface area contributed by atoms with Gasteiger partial charge in [-0.3, -0.25) is 14.9 Å². The van der Waals surface area contributed by atoms with E-state index in [2.05, 4.69) is 0 Å². The van der Waals surface area contributed by atoms with E-state index in [9.17, 15) is 14.9 Å². The van der Waals surface area contributed by atoms with Gasteiger partial charge in [-0.15, -0.1) is 0 Å². The van der Waals surface area contributed by atoms with Crippen LogP contribution >= 0.6 is 0 Å². The summed E-state index contributed by atoms with van der Waals surface area (Å²) in [6.45, 7) is 1.86. The Bertz CT molecular complexity index is 696. The molecule has 0 N–H and O–H groups in total. The smallest absolute Gasteiger partial charge is 0.273 e. The summed E-state index contributed by atoms with van der Waals surface area (Å²) < 4.78 is 10.7. The molecular weight excluding hydrogens is 274 g/mol. The van der Waals surface area contributed by atoms with E-state index in [-0.39, 0.29) is 11.4 Å². The standard InChI is InChI=1S/C15H13NO5/c1-10-3-5-13(11(7-10)9-17)21-14-6-4-12(16(18)19)8-15(14)20-2/h3-9H,1-2H3. The van der Waals surface area contributed by atoms with Crippen molar-refractivity contribution in [3.8, 4) is 17.2 Å². The fourth-order valence-corrected chi connectivity index (χ4v) is 1.83. The van der Waals surface area contributed by atoms with Crippen LogP contribution in [0.25, 0.3) is 0 Å². The van der Waals surface area contributed by atoms with Crippen LogP contribution in [0.2, 0.25) is 0 Å². The molecule has 0 fully saturated rings. The second-order valence-corrected chi connectivity index (χ2v) is 4.35. The lowest BCUT2D eigenvalue weighted by molar-refractivity contribution is -0.384. The van der Waals surface area contributed by atoms with Crippen LogP contribution in [0, 0.1) is 17.0 Å². The molecule has 0 unspecified atom stereocenters. The molecule has 108 valence electrons. The molecule has 0 bridgehead atoms. The van der Waals surface area contributed by atoms with E-state index in [1.165, 1.54) is 25.3 Å². The summed E-state index contributed by atoms with van der Waals surface area (Å²) in [5.41, 5.74) is 1.23. The third-order valence-corrected chi connectivity index (χ3v) is 2.87. The molecule has 0 saturated heterocycles. The van der Waals surface area contributed by atoms with Crippen molar-refractivity contribution in [2.75, 3.05) is 7.11 Å². The maximum atomic E-state index is 11.1. The lowest BCUT2D eigenvalue weighted by Gasteiger charge is -2.11. The zero-order chi connectivity index (χ0) is 15.4. The fourth-order valence-electron chi connectivity index (χ4n) is 1.83. The minimum atomic E-state index is -0.519. The normalized spacial score (nSPS) is 10.0. The van der Waals surface area contributed by atoms with Crippen molar-refractivity contribution >= 4 is 12.0 Å². The monoisotopic (exact) mass is 287 g/mol. The molecular formula is C15H13NO5. The Morgan fingerprint density at radius 1 is 1.10 bits per heavy atom. The second kappa shape index (κ2) is 6.04. The summed E-state index contributed by atoms with van der Waals surface area (Å²) in [6.07, 6.45) is 0.695. The van der Waals surface area contributed by atoms with Crippen LogP contribution < -0.4 is 9.47 Å². The molecule has 0 saturated carbocycles. The largest absolute Gasteiger partial charge is 0.493 e. The molecule has 21 heavy (non-hydrogen) atoms. The summed E-state index contributed by atoms with van der Waals surface area (Å²) in [5, 5.41) is 10.7. The van der Waals surface area contributed by atoms with E-state index >= 15 is 0 Å². The fraction of sp³-hybridized carbons (Fsp3) is 0.133. The summed E-state index contributed by atoms with van der Waals surface area (Å²) in [6, 6.07) is 9.18. The van der Waals surface area contributed by atoms with Crippen LogP contribution in [0.3, 0.4) is 0 Å². The lowest BCUT2D eigenvalue weighted by Crippen LogP contribution is -1.95. The number of benzene rings is 2. The number of hydrogen-bond acceptors (Lipinski definition) is 5. The van der Waals surface area contributed by atoms with Gasteiger partial charge in [0.15, 0.2) is 17.8 Å². The summed E-state index contributed by atoms with van der Waals surface area (Å²) >= 11 is 0. The average Bonchev–Trinajstić information content (AvgIpc) is 2.49. The van der Waals surface area contributed by atoms with Gasteiger partial charge in [-0.2, -0.15) is 0 Å². The number of carbonyl (C=O) groups is 1. The predicted octanol–water partition coefficient (Wildman–Crippen LogP) is 3.52. The third kappa shape index (κ3) is 3.17. The Hall–Kier alpha value is -2.89. The predicted molar refractivity (Wildman–Crippen MR) is 76.3 cm³/mol. The van der Waals surface area contributed by atoms with Gasteiger partial charge in [-0.25, -0.2) is 0 Å². The van der Waals surface area contributed by atoms with Gasteiger partial charge in [-0.05, 0) is 25.1 Å². The number of non-ortho nitro benzene ring substituents is 1. The molecule has 0 radical (unpaired) electrons. The third-order valence-electron chi connectivity index (χ3n) is 2.87. The minimum absolute atomic E-state index is 0.0984. The first-order valence-corrected chi connectivity index (χ1v) is 6.11. The van der Waals surface area contributed by atoms with E-state index in [1.807, 2.05) is 6.92 Å².